The third-order valence-corrected chi connectivity index (χ3v) is 3.74. The van der Waals surface area contributed by atoms with E-state index in [1.807, 2.05) is 61.5 Å². The maximum absolute atomic E-state index is 5.90. The molecule has 0 unspecified atom stereocenters. The molecule has 2 aromatic carbocycles. The van der Waals surface area contributed by atoms with Crippen molar-refractivity contribution in [1.82, 2.24) is 9.97 Å². The molecule has 5 nitrogen and oxygen atoms in total. The molecule has 2 N–H and O–H groups in total. The van der Waals surface area contributed by atoms with Crippen molar-refractivity contribution < 1.29 is 4.74 Å². The van der Waals surface area contributed by atoms with Crippen LogP contribution in [0.15, 0.2) is 60.9 Å². The topological polar surface area (TPSA) is 59.1 Å². The van der Waals surface area contributed by atoms with Crippen LogP contribution >= 0.6 is 11.6 Å². The normalized spacial score (nSPS) is 10.3. The molecule has 0 aliphatic carbocycles. The Morgan fingerprint density at radius 1 is 0.960 bits per heavy atom. The lowest BCUT2D eigenvalue weighted by Gasteiger charge is -2.09. The standard InChI is InChI=1S/C19H19ClN4O/c1-2-25-17-9-7-16(8-10-17)24-19-11-18(22-13-23-19)21-12-14-3-5-15(20)6-4-14/h3-11,13H,2,12H2,1H3,(H2,21,22,23,24). The number of nitrogens with zero attached hydrogens (tertiary/aromatic N) is 2. The number of halogens is 1. The average Bonchev–Trinajstić information content (AvgIpc) is 2.64. The van der Waals surface area contributed by atoms with E-state index in [2.05, 4.69) is 20.6 Å². The van der Waals surface area contributed by atoms with E-state index in [0.717, 1.165) is 33.7 Å². The number of aromatic nitrogens is 2. The smallest absolute Gasteiger partial charge is 0.135 e. The van der Waals surface area contributed by atoms with E-state index >= 15 is 0 Å². The Hall–Kier alpha value is -2.79. The molecule has 128 valence electrons. The summed E-state index contributed by atoms with van der Waals surface area (Å²) in [5.41, 5.74) is 2.06. The van der Waals surface area contributed by atoms with E-state index in [0.29, 0.717) is 13.2 Å². The summed E-state index contributed by atoms with van der Waals surface area (Å²) in [4.78, 5) is 8.49. The van der Waals surface area contributed by atoms with E-state index < -0.39 is 0 Å². The van der Waals surface area contributed by atoms with Crippen molar-refractivity contribution in [2.24, 2.45) is 0 Å². The SMILES string of the molecule is CCOc1ccc(Nc2cc(NCc3ccc(Cl)cc3)ncn2)cc1. The van der Waals surface area contributed by atoms with Crippen LogP contribution in [0.3, 0.4) is 0 Å². The second kappa shape index (κ2) is 8.35. The second-order valence-electron chi connectivity index (χ2n) is 5.35. The van der Waals surface area contributed by atoms with Gasteiger partial charge in [-0.1, -0.05) is 23.7 Å². The van der Waals surface area contributed by atoms with Crippen LogP contribution in [0.25, 0.3) is 0 Å². The average molecular weight is 355 g/mol. The highest BCUT2D eigenvalue weighted by molar-refractivity contribution is 6.30. The molecule has 0 bridgehead atoms. The molecule has 3 rings (SSSR count). The molecule has 1 heterocycles. The van der Waals surface area contributed by atoms with E-state index in [4.69, 9.17) is 16.3 Å². The van der Waals surface area contributed by atoms with E-state index in [9.17, 15) is 0 Å². The highest BCUT2D eigenvalue weighted by atomic mass is 35.5. The van der Waals surface area contributed by atoms with Gasteiger partial charge in [0.25, 0.3) is 0 Å². The van der Waals surface area contributed by atoms with Gasteiger partial charge in [0.2, 0.25) is 0 Å². The third kappa shape index (κ3) is 5.09. The number of rotatable bonds is 7. The molecular weight excluding hydrogens is 336 g/mol. The third-order valence-electron chi connectivity index (χ3n) is 3.49. The highest BCUT2D eigenvalue weighted by Crippen LogP contribution is 2.20. The summed E-state index contributed by atoms with van der Waals surface area (Å²) < 4.78 is 5.44. The zero-order valence-electron chi connectivity index (χ0n) is 13.9. The van der Waals surface area contributed by atoms with Gasteiger partial charge in [0, 0.05) is 23.3 Å². The minimum Gasteiger partial charge on any atom is -0.494 e. The van der Waals surface area contributed by atoms with Gasteiger partial charge in [-0.25, -0.2) is 9.97 Å². The van der Waals surface area contributed by atoms with Gasteiger partial charge in [0.05, 0.1) is 6.61 Å². The van der Waals surface area contributed by atoms with Crippen molar-refractivity contribution in [2.75, 3.05) is 17.2 Å². The van der Waals surface area contributed by atoms with Crippen LogP contribution in [0.5, 0.6) is 5.75 Å². The van der Waals surface area contributed by atoms with E-state index in [1.54, 1.807) is 0 Å². The van der Waals surface area contributed by atoms with Crippen LogP contribution in [-0.4, -0.2) is 16.6 Å². The van der Waals surface area contributed by atoms with E-state index in [-0.39, 0.29) is 0 Å². The minimum absolute atomic E-state index is 0.654. The molecule has 3 aromatic rings. The first kappa shape index (κ1) is 17.0. The summed E-state index contributed by atoms with van der Waals surface area (Å²) >= 11 is 5.90. The largest absolute Gasteiger partial charge is 0.494 e. The molecule has 0 atom stereocenters. The van der Waals surface area contributed by atoms with Crippen LogP contribution < -0.4 is 15.4 Å². The minimum atomic E-state index is 0.654. The summed E-state index contributed by atoms with van der Waals surface area (Å²) in [6.45, 7) is 3.28. The summed E-state index contributed by atoms with van der Waals surface area (Å²) in [7, 11) is 0. The van der Waals surface area contributed by atoms with Gasteiger partial charge in [-0.15, -0.1) is 0 Å². The Kier molecular flexibility index (Phi) is 5.69. The van der Waals surface area contributed by atoms with Crippen molar-refractivity contribution in [3.05, 3.63) is 71.5 Å². The summed E-state index contributed by atoms with van der Waals surface area (Å²) in [5.74, 6) is 2.32. The number of ether oxygens (including phenoxy) is 1. The van der Waals surface area contributed by atoms with Crippen LogP contribution in [0.1, 0.15) is 12.5 Å². The molecule has 6 heteroatoms. The number of nitrogens with one attached hydrogen (secondary N) is 2. The van der Waals surface area contributed by atoms with Crippen LogP contribution in [0, 0.1) is 0 Å². The van der Waals surface area contributed by atoms with Crippen molar-refractivity contribution in [3.63, 3.8) is 0 Å². The molecule has 0 saturated carbocycles. The number of benzene rings is 2. The molecule has 1 aromatic heterocycles. The van der Waals surface area contributed by atoms with E-state index in [1.165, 1.54) is 6.33 Å². The molecular formula is C19H19ClN4O. The molecule has 0 saturated heterocycles. The molecule has 0 radical (unpaired) electrons. The zero-order valence-corrected chi connectivity index (χ0v) is 14.6. The molecule has 25 heavy (non-hydrogen) atoms. The first-order chi connectivity index (χ1) is 12.2. The maximum atomic E-state index is 5.90. The number of hydrogen-bond acceptors (Lipinski definition) is 5. The van der Waals surface area contributed by atoms with Crippen molar-refractivity contribution in [3.8, 4) is 5.75 Å². The first-order valence-electron chi connectivity index (χ1n) is 8.03. The van der Waals surface area contributed by atoms with Crippen molar-refractivity contribution in [2.45, 2.75) is 13.5 Å². The first-order valence-corrected chi connectivity index (χ1v) is 8.41. The van der Waals surface area contributed by atoms with Gasteiger partial charge in [-0.05, 0) is 48.9 Å². The fourth-order valence-corrected chi connectivity index (χ4v) is 2.39. The zero-order chi connectivity index (χ0) is 17.5. The Morgan fingerprint density at radius 3 is 2.40 bits per heavy atom. The highest BCUT2D eigenvalue weighted by Gasteiger charge is 2.01. The fraction of sp³-hybridized carbons (Fsp3) is 0.158. The molecule has 0 spiro atoms. The summed E-state index contributed by atoms with van der Waals surface area (Å²) in [6, 6.07) is 17.3. The molecule has 0 aliphatic rings. The van der Waals surface area contributed by atoms with Gasteiger partial charge in [0.15, 0.2) is 0 Å². The van der Waals surface area contributed by atoms with Crippen LogP contribution in [0.2, 0.25) is 5.02 Å². The van der Waals surface area contributed by atoms with Crippen molar-refractivity contribution in [1.29, 1.82) is 0 Å². The number of anilines is 3. The predicted molar refractivity (Wildman–Crippen MR) is 102 cm³/mol. The summed E-state index contributed by atoms with van der Waals surface area (Å²) in [5, 5.41) is 7.26. The van der Waals surface area contributed by atoms with Crippen molar-refractivity contribution >= 4 is 28.9 Å². The lowest BCUT2D eigenvalue weighted by Crippen LogP contribution is -2.03. The number of hydrogen-bond donors (Lipinski definition) is 2. The van der Waals surface area contributed by atoms with Gasteiger partial charge >= 0.3 is 0 Å². The lowest BCUT2D eigenvalue weighted by molar-refractivity contribution is 0.340. The Labute approximate surface area is 152 Å². The van der Waals surface area contributed by atoms with Crippen LogP contribution in [0.4, 0.5) is 17.3 Å². The second-order valence-corrected chi connectivity index (χ2v) is 5.79. The molecule has 0 aliphatic heterocycles. The Morgan fingerprint density at radius 2 is 1.68 bits per heavy atom. The Balaban J connectivity index is 1.61. The fourth-order valence-electron chi connectivity index (χ4n) is 2.27. The van der Waals surface area contributed by atoms with Gasteiger partial charge in [-0.3, -0.25) is 0 Å². The lowest BCUT2D eigenvalue weighted by atomic mass is 10.2. The maximum Gasteiger partial charge on any atom is 0.135 e. The predicted octanol–water partition coefficient (Wildman–Crippen LogP) is 4.88. The quantitative estimate of drug-likeness (QED) is 0.633. The Bertz CT molecular complexity index is 806. The van der Waals surface area contributed by atoms with Gasteiger partial charge in [-0.2, -0.15) is 0 Å². The van der Waals surface area contributed by atoms with Crippen LogP contribution in [-0.2, 0) is 6.54 Å². The summed E-state index contributed by atoms with van der Waals surface area (Å²) in [6.07, 6.45) is 1.53. The molecule has 0 amide bonds. The van der Waals surface area contributed by atoms with Gasteiger partial charge < -0.3 is 15.4 Å². The monoisotopic (exact) mass is 354 g/mol. The van der Waals surface area contributed by atoms with Gasteiger partial charge in [0.1, 0.15) is 23.7 Å². The molecule has 0 fully saturated rings.